The first-order chi connectivity index (χ1) is 15.3. The van der Waals surface area contributed by atoms with Gasteiger partial charge in [0.1, 0.15) is 12.1 Å². The van der Waals surface area contributed by atoms with E-state index in [0.717, 1.165) is 51.4 Å². The SMILES string of the molecule is C=C(C)C1CCC2(C=O)CCC3(C)C(CC(O)C4C5(C)CCC(=O)C(C)(C)C5CCC43C)C12. The van der Waals surface area contributed by atoms with Crippen molar-refractivity contribution < 1.29 is 14.7 Å². The Morgan fingerprint density at radius 2 is 1.70 bits per heavy atom. The van der Waals surface area contributed by atoms with Gasteiger partial charge in [-0.05, 0) is 104 Å². The molecule has 0 saturated heterocycles. The first-order valence-electron chi connectivity index (χ1n) is 13.6. The summed E-state index contributed by atoms with van der Waals surface area (Å²) in [5, 5.41) is 12.0. The Labute approximate surface area is 201 Å². The number of aliphatic hydroxyl groups is 1. The number of fused-ring (bicyclic) bond motifs is 7. The molecule has 184 valence electrons. The molecule has 5 aliphatic rings. The second-order valence-electron chi connectivity index (χ2n) is 14.3. The molecule has 0 spiro atoms. The zero-order chi connectivity index (χ0) is 24.2. The molecular weight excluding hydrogens is 408 g/mol. The highest BCUT2D eigenvalue weighted by molar-refractivity contribution is 5.85. The van der Waals surface area contributed by atoms with Crippen LogP contribution < -0.4 is 0 Å². The third-order valence-corrected chi connectivity index (χ3v) is 13.1. The summed E-state index contributed by atoms with van der Waals surface area (Å²) in [5.74, 6) is 2.03. The van der Waals surface area contributed by atoms with Crippen LogP contribution in [-0.2, 0) is 9.59 Å². The van der Waals surface area contributed by atoms with Gasteiger partial charge in [-0.1, -0.05) is 46.8 Å². The Morgan fingerprint density at radius 1 is 1.00 bits per heavy atom. The molecule has 10 atom stereocenters. The van der Waals surface area contributed by atoms with Crippen molar-refractivity contribution in [2.45, 2.75) is 105 Å². The first-order valence-corrected chi connectivity index (χ1v) is 13.6. The lowest BCUT2D eigenvalue weighted by Gasteiger charge is -2.73. The molecule has 5 aliphatic carbocycles. The number of hydrogen-bond acceptors (Lipinski definition) is 3. The number of carbonyl (C=O) groups excluding carboxylic acids is 2. The second-order valence-corrected chi connectivity index (χ2v) is 14.3. The summed E-state index contributed by atoms with van der Waals surface area (Å²) in [6, 6.07) is 0. The summed E-state index contributed by atoms with van der Waals surface area (Å²) in [6.45, 7) is 18.2. The molecule has 10 unspecified atom stereocenters. The van der Waals surface area contributed by atoms with Crippen LogP contribution in [0.25, 0.3) is 0 Å². The fourth-order valence-electron chi connectivity index (χ4n) is 11.3. The van der Waals surface area contributed by atoms with Gasteiger partial charge in [0.25, 0.3) is 0 Å². The van der Waals surface area contributed by atoms with Crippen LogP contribution in [0.1, 0.15) is 99.3 Å². The Balaban J connectivity index is 1.60. The maximum Gasteiger partial charge on any atom is 0.138 e. The van der Waals surface area contributed by atoms with E-state index >= 15 is 0 Å². The molecule has 33 heavy (non-hydrogen) atoms. The number of hydrogen-bond donors (Lipinski definition) is 1. The lowest BCUT2D eigenvalue weighted by atomic mass is 9.32. The van der Waals surface area contributed by atoms with Crippen LogP contribution in [0.15, 0.2) is 12.2 Å². The lowest BCUT2D eigenvalue weighted by Crippen LogP contribution is -2.69. The van der Waals surface area contributed by atoms with E-state index < -0.39 is 0 Å². The number of aliphatic hydroxyl groups excluding tert-OH is 1. The van der Waals surface area contributed by atoms with Gasteiger partial charge in [0.15, 0.2) is 0 Å². The van der Waals surface area contributed by atoms with E-state index in [1.54, 1.807) is 0 Å². The van der Waals surface area contributed by atoms with Gasteiger partial charge in [-0.15, -0.1) is 0 Å². The molecule has 5 saturated carbocycles. The molecule has 0 aromatic rings. The van der Waals surface area contributed by atoms with Crippen molar-refractivity contribution in [2.24, 2.45) is 56.7 Å². The number of ketones is 1. The summed E-state index contributed by atoms with van der Waals surface area (Å²) in [4.78, 5) is 25.5. The van der Waals surface area contributed by atoms with Gasteiger partial charge < -0.3 is 9.90 Å². The minimum Gasteiger partial charge on any atom is -0.393 e. The number of rotatable bonds is 2. The highest BCUT2D eigenvalue weighted by atomic mass is 16.3. The van der Waals surface area contributed by atoms with E-state index in [2.05, 4.69) is 48.1 Å². The molecule has 0 aliphatic heterocycles. The standard InChI is InChI=1S/C30H46O3/c1-18(2)19-8-13-30(17-31)15-14-28(6)20(24(19)30)16-21(32)25-27(5)11-10-23(33)26(3,4)22(27)9-12-29(25,28)7/h17,19-22,24-25,32H,1,8-16H2,2-7H3. The van der Waals surface area contributed by atoms with E-state index in [0.29, 0.717) is 35.9 Å². The minimum absolute atomic E-state index is 0.0135. The van der Waals surface area contributed by atoms with Crippen molar-refractivity contribution in [3.05, 3.63) is 12.2 Å². The van der Waals surface area contributed by atoms with E-state index in [4.69, 9.17) is 0 Å². The Hall–Kier alpha value is -0.960. The molecule has 3 nitrogen and oxygen atoms in total. The third-order valence-electron chi connectivity index (χ3n) is 13.1. The molecule has 5 fully saturated rings. The quantitative estimate of drug-likeness (QED) is 0.389. The molecule has 3 heteroatoms. The Morgan fingerprint density at radius 3 is 2.33 bits per heavy atom. The van der Waals surface area contributed by atoms with Crippen molar-refractivity contribution >= 4 is 12.1 Å². The van der Waals surface area contributed by atoms with Gasteiger partial charge in [0, 0.05) is 17.3 Å². The van der Waals surface area contributed by atoms with Crippen LogP contribution in [-0.4, -0.2) is 23.3 Å². The van der Waals surface area contributed by atoms with Crippen LogP contribution >= 0.6 is 0 Å². The topological polar surface area (TPSA) is 54.4 Å². The fraction of sp³-hybridized carbons (Fsp3) is 0.867. The van der Waals surface area contributed by atoms with E-state index in [1.165, 1.54) is 11.9 Å². The smallest absolute Gasteiger partial charge is 0.138 e. The summed E-state index contributed by atoms with van der Waals surface area (Å²) >= 11 is 0. The largest absolute Gasteiger partial charge is 0.393 e. The average molecular weight is 455 g/mol. The Bertz CT molecular complexity index is 889. The first kappa shape index (κ1) is 23.8. The fourth-order valence-corrected chi connectivity index (χ4v) is 11.3. The predicted molar refractivity (Wildman–Crippen MR) is 131 cm³/mol. The van der Waals surface area contributed by atoms with Gasteiger partial charge in [0.05, 0.1) is 6.10 Å². The molecule has 0 aromatic carbocycles. The van der Waals surface area contributed by atoms with Crippen LogP contribution in [0.5, 0.6) is 0 Å². The minimum atomic E-state index is -0.362. The third kappa shape index (κ3) is 2.72. The summed E-state index contributed by atoms with van der Waals surface area (Å²) in [5.41, 5.74) is 0.803. The van der Waals surface area contributed by atoms with Gasteiger partial charge >= 0.3 is 0 Å². The number of carbonyl (C=O) groups is 2. The summed E-state index contributed by atoms with van der Waals surface area (Å²) in [6.07, 6.45) is 9.57. The van der Waals surface area contributed by atoms with Gasteiger partial charge in [-0.25, -0.2) is 0 Å². The molecule has 5 rings (SSSR count). The lowest BCUT2D eigenvalue weighted by molar-refractivity contribution is -0.263. The molecule has 0 aromatic heterocycles. The maximum atomic E-state index is 12.9. The average Bonchev–Trinajstić information content (AvgIpc) is 3.13. The Kier molecular flexibility index (Phi) is 5.08. The zero-order valence-electron chi connectivity index (χ0n) is 21.9. The predicted octanol–water partition coefficient (Wildman–Crippen LogP) is 6.38. The van der Waals surface area contributed by atoms with Crippen molar-refractivity contribution in [3.63, 3.8) is 0 Å². The zero-order valence-corrected chi connectivity index (χ0v) is 21.9. The van der Waals surface area contributed by atoms with Crippen LogP contribution in [0.2, 0.25) is 0 Å². The second kappa shape index (κ2) is 7.05. The van der Waals surface area contributed by atoms with Crippen molar-refractivity contribution in [1.29, 1.82) is 0 Å². The summed E-state index contributed by atoms with van der Waals surface area (Å²) in [7, 11) is 0. The molecule has 0 radical (unpaired) electrons. The van der Waals surface area contributed by atoms with Crippen molar-refractivity contribution in [2.75, 3.05) is 0 Å². The number of allylic oxidation sites excluding steroid dienone is 1. The van der Waals surface area contributed by atoms with Crippen LogP contribution in [0.4, 0.5) is 0 Å². The van der Waals surface area contributed by atoms with Gasteiger partial charge in [0.2, 0.25) is 0 Å². The van der Waals surface area contributed by atoms with Gasteiger partial charge in [-0.2, -0.15) is 0 Å². The molecular formula is C30H46O3. The van der Waals surface area contributed by atoms with E-state index in [-0.39, 0.29) is 39.1 Å². The number of Topliss-reactive ketones (excluding diaryl/α,β-unsaturated/α-hetero) is 1. The highest BCUT2D eigenvalue weighted by Crippen LogP contribution is 2.77. The molecule has 1 N–H and O–H groups in total. The monoisotopic (exact) mass is 454 g/mol. The van der Waals surface area contributed by atoms with E-state index in [1.807, 2.05) is 0 Å². The van der Waals surface area contributed by atoms with Gasteiger partial charge in [-0.3, -0.25) is 4.79 Å². The van der Waals surface area contributed by atoms with Crippen molar-refractivity contribution in [1.82, 2.24) is 0 Å². The molecule has 0 bridgehead atoms. The highest BCUT2D eigenvalue weighted by Gasteiger charge is 2.72. The van der Waals surface area contributed by atoms with Crippen LogP contribution in [0, 0.1) is 56.7 Å². The molecule has 0 amide bonds. The summed E-state index contributed by atoms with van der Waals surface area (Å²) < 4.78 is 0. The van der Waals surface area contributed by atoms with E-state index in [9.17, 15) is 14.7 Å². The maximum absolute atomic E-state index is 12.9. The van der Waals surface area contributed by atoms with Crippen molar-refractivity contribution in [3.8, 4) is 0 Å². The van der Waals surface area contributed by atoms with Crippen LogP contribution in [0.3, 0.4) is 0 Å². The molecule has 0 heterocycles. The normalized spacial score (nSPS) is 55.1. The number of aldehydes is 1.